The molecule has 2 aliphatic rings. The first-order valence-corrected chi connectivity index (χ1v) is 7.29. The van der Waals surface area contributed by atoms with E-state index in [4.69, 9.17) is 0 Å². The van der Waals surface area contributed by atoms with E-state index >= 15 is 0 Å². The van der Waals surface area contributed by atoms with E-state index in [0.717, 1.165) is 37.6 Å². The predicted molar refractivity (Wildman–Crippen MR) is 85.5 cm³/mol. The average molecular weight is 265 g/mol. The Balaban J connectivity index is 1.85. The highest BCUT2D eigenvalue weighted by Crippen LogP contribution is 2.40. The zero-order valence-corrected chi connectivity index (χ0v) is 12.1. The molecule has 0 bridgehead atoms. The van der Waals surface area contributed by atoms with Crippen LogP contribution in [0, 0.1) is 0 Å². The summed E-state index contributed by atoms with van der Waals surface area (Å²) in [5, 5.41) is 2.69. The van der Waals surface area contributed by atoms with Gasteiger partial charge < -0.3 is 9.80 Å². The fourth-order valence-corrected chi connectivity index (χ4v) is 3.33. The molecule has 0 aromatic heterocycles. The van der Waals surface area contributed by atoms with E-state index in [0.29, 0.717) is 0 Å². The summed E-state index contributed by atoms with van der Waals surface area (Å²) in [5.74, 6) is 0. The van der Waals surface area contributed by atoms with Crippen LogP contribution in [0.15, 0.2) is 35.3 Å². The van der Waals surface area contributed by atoms with Crippen LogP contribution in [0.2, 0.25) is 0 Å². The van der Waals surface area contributed by atoms with Crippen LogP contribution in [0.3, 0.4) is 0 Å². The summed E-state index contributed by atoms with van der Waals surface area (Å²) in [5.41, 5.74) is 4.93. The van der Waals surface area contributed by atoms with Crippen molar-refractivity contribution >= 4 is 27.9 Å². The maximum Gasteiger partial charge on any atom is 0.0719 e. The van der Waals surface area contributed by atoms with Gasteiger partial charge in [-0.25, -0.2) is 0 Å². The van der Waals surface area contributed by atoms with Gasteiger partial charge >= 0.3 is 0 Å². The molecule has 0 atom stereocenters. The summed E-state index contributed by atoms with van der Waals surface area (Å²) in [6.07, 6.45) is 0. The molecule has 1 saturated heterocycles. The highest BCUT2D eigenvalue weighted by atomic mass is 15.2. The number of aliphatic imine (C=N–C) groups is 1. The van der Waals surface area contributed by atoms with Crippen molar-refractivity contribution in [1.82, 2.24) is 4.90 Å². The molecule has 3 nitrogen and oxygen atoms in total. The van der Waals surface area contributed by atoms with Crippen LogP contribution in [0.4, 0.5) is 11.4 Å². The molecule has 1 fully saturated rings. The lowest BCUT2D eigenvalue weighted by atomic mass is 10.0. The van der Waals surface area contributed by atoms with Gasteiger partial charge in [-0.15, -0.1) is 0 Å². The van der Waals surface area contributed by atoms with E-state index in [9.17, 15) is 0 Å². The van der Waals surface area contributed by atoms with Crippen molar-refractivity contribution in [3.8, 4) is 0 Å². The summed E-state index contributed by atoms with van der Waals surface area (Å²) in [6.45, 7) is 6.59. The number of rotatable bonds is 1. The second-order valence-electron chi connectivity index (χ2n) is 5.82. The van der Waals surface area contributed by atoms with Crippen molar-refractivity contribution in [3.63, 3.8) is 0 Å². The van der Waals surface area contributed by atoms with Gasteiger partial charge in [0.25, 0.3) is 0 Å². The molecule has 0 radical (unpaired) electrons. The lowest BCUT2D eigenvalue weighted by molar-refractivity contribution is 0.313. The molecule has 0 unspecified atom stereocenters. The number of anilines is 1. The number of nitrogens with zero attached hydrogens (tertiary/aromatic N) is 3. The second kappa shape index (κ2) is 4.32. The lowest BCUT2D eigenvalue weighted by Gasteiger charge is -2.34. The maximum atomic E-state index is 4.69. The molecule has 2 aromatic rings. The molecule has 0 amide bonds. The molecule has 2 aliphatic heterocycles. The molecular formula is C17H19N3. The Labute approximate surface area is 119 Å². The number of piperazine rings is 1. The number of hydrogen-bond acceptors (Lipinski definition) is 3. The third kappa shape index (κ3) is 1.66. The van der Waals surface area contributed by atoms with E-state index in [1.165, 1.54) is 22.0 Å². The molecule has 102 valence electrons. The molecule has 0 spiro atoms. The minimum atomic E-state index is 1.11. The molecule has 0 N–H and O–H groups in total. The monoisotopic (exact) mass is 265 g/mol. The highest BCUT2D eigenvalue weighted by Gasteiger charge is 2.21. The van der Waals surface area contributed by atoms with Gasteiger partial charge in [-0.3, -0.25) is 4.99 Å². The predicted octanol–water partition coefficient (Wildman–Crippen LogP) is 3.05. The fraction of sp³-hybridized carbons (Fsp3) is 0.353. The van der Waals surface area contributed by atoms with Gasteiger partial charge in [0, 0.05) is 53.9 Å². The van der Waals surface area contributed by atoms with Crippen molar-refractivity contribution in [3.05, 3.63) is 35.9 Å². The van der Waals surface area contributed by atoms with Gasteiger partial charge in [0.1, 0.15) is 0 Å². The van der Waals surface area contributed by atoms with Crippen molar-refractivity contribution in [1.29, 1.82) is 0 Å². The Morgan fingerprint density at radius 2 is 1.80 bits per heavy atom. The van der Waals surface area contributed by atoms with Gasteiger partial charge in [0.15, 0.2) is 0 Å². The van der Waals surface area contributed by atoms with Crippen molar-refractivity contribution in [2.45, 2.75) is 6.92 Å². The van der Waals surface area contributed by atoms with Crippen LogP contribution in [0.1, 0.15) is 12.5 Å². The molecular weight excluding hydrogens is 246 g/mol. The summed E-state index contributed by atoms with van der Waals surface area (Å²) in [6, 6.07) is 11.0. The van der Waals surface area contributed by atoms with Crippen LogP contribution >= 0.6 is 0 Å². The van der Waals surface area contributed by atoms with Crippen molar-refractivity contribution in [2.24, 2.45) is 4.99 Å². The SMILES string of the molecule is CC1=Nc2ccc(N3CCN(C)CC3)c3cccc1c23. The van der Waals surface area contributed by atoms with Crippen molar-refractivity contribution < 1.29 is 0 Å². The minimum absolute atomic E-state index is 1.11. The van der Waals surface area contributed by atoms with Gasteiger partial charge in [-0.1, -0.05) is 18.2 Å². The first-order valence-electron chi connectivity index (χ1n) is 7.29. The first kappa shape index (κ1) is 11.9. The van der Waals surface area contributed by atoms with Crippen LogP contribution in [-0.4, -0.2) is 43.8 Å². The van der Waals surface area contributed by atoms with Gasteiger partial charge in [0.2, 0.25) is 0 Å². The zero-order valence-electron chi connectivity index (χ0n) is 12.1. The first-order chi connectivity index (χ1) is 9.74. The van der Waals surface area contributed by atoms with Crippen molar-refractivity contribution in [2.75, 3.05) is 38.1 Å². The highest BCUT2D eigenvalue weighted by molar-refractivity contribution is 6.21. The van der Waals surface area contributed by atoms with Gasteiger partial charge in [-0.2, -0.15) is 0 Å². The van der Waals surface area contributed by atoms with Crippen LogP contribution in [-0.2, 0) is 0 Å². The molecule has 0 aliphatic carbocycles. The van der Waals surface area contributed by atoms with E-state index in [1.54, 1.807) is 0 Å². The van der Waals surface area contributed by atoms with E-state index in [1.807, 2.05) is 0 Å². The number of likely N-dealkylation sites (N-methyl/N-ethyl adjacent to an activating group) is 1. The van der Waals surface area contributed by atoms with E-state index in [2.05, 4.69) is 59.1 Å². The fourth-order valence-electron chi connectivity index (χ4n) is 3.33. The Kier molecular flexibility index (Phi) is 2.57. The quantitative estimate of drug-likeness (QED) is 0.789. The summed E-state index contributed by atoms with van der Waals surface area (Å²) < 4.78 is 0. The lowest BCUT2D eigenvalue weighted by Crippen LogP contribution is -2.44. The standard InChI is InChI=1S/C17H19N3/c1-12-13-4-3-5-14-16(7-6-15(18-12)17(13)14)20-10-8-19(2)9-11-20/h3-7H,8-11H2,1-2H3. The van der Waals surface area contributed by atoms with Crippen LogP contribution in [0.5, 0.6) is 0 Å². The van der Waals surface area contributed by atoms with Gasteiger partial charge in [0.05, 0.1) is 5.69 Å². The zero-order chi connectivity index (χ0) is 13.7. The Hall–Kier alpha value is -1.87. The smallest absolute Gasteiger partial charge is 0.0719 e. The summed E-state index contributed by atoms with van der Waals surface area (Å²) >= 11 is 0. The normalized spacial score (nSPS) is 18.7. The average Bonchev–Trinajstić information content (AvgIpc) is 2.79. The van der Waals surface area contributed by atoms with Gasteiger partial charge in [-0.05, 0) is 26.1 Å². The third-order valence-corrected chi connectivity index (χ3v) is 4.52. The van der Waals surface area contributed by atoms with Crippen LogP contribution < -0.4 is 4.90 Å². The number of hydrogen-bond donors (Lipinski definition) is 0. The van der Waals surface area contributed by atoms with Crippen LogP contribution in [0.25, 0.3) is 10.8 Å². The summed E-state index contributed by atoms with van der Waals surface area (Å²) in [7, 11) is 2.20. The molecule has 20 heavy (non-hydrogen) atoms. The number of benzene rings is 2. The molecule has 2 aromatic carbocycles. The third-order valence-electron chi connectivity index (χ3n) is 4.52. The maximum absolute atomic E-state index is 4.69. The molecule has 0 saturated carbocycles. The minimum Gasteiger partial charge on any atom is -0.368 e. The second-order valence-corrected chi connectivity index (χ2v) is 5.82. The van der Waals surface area contributed by atoms with E-state index < -0.39 is 0 Å². The Morgan fingerprint density at radius 1 is 1.00 bits per heavy atom. The topological polar surface area (TPSA) is 18.8 Å². The molecule has 4 rings (SSSR count). The molecule has 2 heterocycles. The summed E-state index contributed by atoms with van der Waals surface area (Å²) in [4.78, 5) is 9.59. The Morgan fingerprint density at radius 3 is 2.60 bits per heavy atom. The largest absolute Gasteiger partial charge is 0.368 e. The Bertz CT molecular complexity index is 709. The molecule has 3 heteroatoms. The van der Waals surface area contributed by atoms with E-state index in [-0.39, 0.29) is 0 Å².